The van der Waals surface area contributed by atoms with Crippen LogP contribution in [0.1, 0.15) is 17.3 Å². The number of azo groups is 1. The molecule has 0 bridgehead atoms. The van der Waals surface area contributed by atoms with Gasteiger partial charge in [-0.1, -0.05) is 0 Å². The number of benzene rings is 2. The minimum absolute atomic E-state index is 0.338. The van der Waals surface area contributed by atoms with E-state index >= 15 is 0 Å². The molecule has 20 heavy (non-hydrogen) atoms. The fourth-order valence-electron chi connectivity index (χ4n) is 1.54. The predicted molar refractivity (Wildman–Crippen MR) is 77.4 cm³/mol. The molecule has 5 nitrogen and oxygen atoms in total. The van der Waals surface area contributed by atoms with E-state index in [9.17, 15) is 4.79 Å². The van der Waals surface area contributed by atoms with Crippen molar-refractivity contribution in [3.05, 3.63) is 54.1 Å². The first-order valence-corrected chi connectivity index (χ1v) is 6.23. The highest BCUT2D eigenvalue weighted by molar-refractivity contribution is 5.89. The molecule has 102 valence electrons. The number of rotatable bonds is 4. The molecule has 2 rings (SSSR count). The Morgan fingerprint density at radius 3 is 2.00 bits per heavy atom. The Bertz CT molecular complexity index is 604. The van der Waals surface area contributed by atoms with Gasteiger partial charge in [0.15, 0.2) is 0 Å². The summed E-state index contributed by atoms with van der Waals surface area (Å²) in [5.41, 5.74) is 8.15. The number of hydrogen-bond donors (Lipinski definition) is 1. The van der Waals surface area contributed by atoms with Crippen LogP contribution in [0.3, 0.4) is 0 Å². The van der Waals surface area contributed by atoms with Crippen molar-refractivity contribution in [1.82, 2.24) is 0 Å². The van der Waals surface area contributed by atoms with Gasteiger partial charge in [-0.15, -0.1) is 0 Å². The molecule has 0 fully saturated rings. The summed E-state index contributed by atoms with van der Waals surface area (Å²) in [5, 5.41) is 8.17. The van der Waals surface area contributed by atoms with Gasteiger partial charge in [-0.25, -0.2) is 4.79 Å². The molecule has 2 N–H and O–H groups in total. The highest BCUT2D eigenvalue weighted by Crippen LogP contribution is 2.19. The molecule has 2 aromatic carbocycles. The van der Waals surface area contributed by atoms with Gasteiger partial charge in [0.25, 0.3) is 0 Å². The van der Waals surface area contributed by atoms with E-state index in [0.29, 0.717) is 29.2 Å². The maximum Gasteiger partial charge on any atom is 0.338 e. The molecule has 0 atom stereocenters. The lowest BCUT2D eigenvalue weighted by Crippen LogP contribution is -2.03. The molecular weight excluding hydrogens is 254 g/mol. The normalized spacial score (nSPS) is 10.7. The first-order valence-electron chi connectivity index (χ1n) is 6.23. The molecular formula is C15H15N3O2. The monoisotopic (exact) mass is 269 g/mol. The topological polar surface area (TPSA) is 77.0 Å². The zero-order chi connectivity index (χ0) is 14.4. The maximum atomic E-state index is 11.5. The van der Waals surface area contributed by atoms with Crippen LogP contribution in [0.15, 0.2) is 58.8 Å². The van der Waals surface area contributed by atoms with Crippen molar-refractivity contribution in [1.29, 1.82) is 0 Å². The van der Waals surface area contributed by atoms with Gasteiger partial charge < -0.3 is 10.5 Å². The number of esters is 1. The fourth-order valence-corrected chi connectivity index (χ4v) is 1.54. The van der Waals surface area contributed by atoms with Crippen molar-refractivity contribution < 1.29 is 9.53 Å². The number of hydrogen-bond acceptors (Lipinski definition) is 5. The Balaban J connectivity index is 2.07. The first kappa shape index (κ1) is 13.7. The molecule has 2 aromatic rings. The summed E-state index contributed by atoms with van der Waals surface area (Å²) in [6.45, 7) is 2.13. The quantitative estimate of drug-likeness (QED) is 0.520. The van der Waals surface area contributed by atoms with E-state index in [1.807, 2.05) is 0 Å². The number of carbonyl (C=O) groups excluding carboxylic acids is 1. The van der Waals surface area contributed by atoms with Crippen LogP contribution in [-0.2, 0) is 4.74 Å². The van der Waals surface area contributed by atoms with E-state index in [4.69, 9.17) is 10.5 Å². The van der Waals surface area contributed by atoms with Crippen LogP contribution < -0.4 is 5.73 Å². The molecule has 5 heteroatoms. The standard InChI is InChI=1S/C15H15N3O2/c1-2-20-15(19)11-3-7-13(8-4-11)17-18-14-9-5-12(16)6-10-14/h3-10H,2,16H2,1H3/b18-17+. The van der Waals surface area contributed by atoms with Gasteiger partial charge in [0.2, 0.25) is 0 Å². The van der Waals surface area contributed by atoms with Gasteiger partial charge in [0.1, 0.15) is 0 Å². The molecule has 0 aliphatic rings. The minimum atomic E-state index is -0.338. The number of carbonyl (C=O) groups is 1. The van der Waals surface area contributed by atoms with Crippen molar-refractivity contribution >= 4 is 23.0 Å². The fraction of sp³-hybridized carbons (Fsp3) is 0.133. The lowest BCUT2D eigenvalue weighted by molar-refractivity contribution is 0.0526. The summed E-state index contributed by atoms with van der Waals surface area (Å²) in [6, 6.07) is 13.8. The van der Waals surface area contributed by atoms with E-state index in [-0.39, 0.29) is 5.97 Å². The predicted octanol–water partition coefficient (Wildman–Crippen LogP) is 3.86. The number of nitrogens with two attached hydrogens (primary N) is 1. The summed E-state index contributed by atoms with van der Waals surface area (Å²) in [6.07, 6.45) is 0. The molecule has 0 aliphatic heterocycles. The van der Waals surface area contributed by atoms with E-state index in [1.54, 1.807) is 55.5 Å². The van der Waals surface area contributed by atoms with Gasteiger partial charge in [0, 0.05) is 5.69 Å². The van der Waals surface area contributed by atoms with Gasteiger partial charge >= 0.3 is 5.97 Å². The third kappa shape index (κ3) is 3.65. The Morgan fingerprint density at radius 2 is 1.50 bits per heavy atom. The number of nitrogens with zero attached hydrogens (tertiary/aromatic N) is 2. The summed E-state index contributed by atoms with van der Waals surface area (Å²) in [7, 11) is 0. The van der Waals surface area contributed by atoms with Crippen molar-refractivity contribution in [3.8, 4) is 0 Å². The van der Waals surface area contributed by atoms with Gasteiger partial charge in [-0.3, -0.25) is 0 Å². The minimum Gasteiger partial charge on any atom is -0.462 e. The molecule has 0 amide bonds. The van der Waals surface area contributed by atoms with Gasteiger partial charge in [-0.2, -0.15) is 10.2 Å². The molecule has 0 heterocycles. The number of ether oxygens (including phenoxy) is 1. The van der Waals surface area contributed by atoms with Gasteiger partial charge in [0.05, 0.1) is 23.5 Å². The zero-order valence-electron chi connectivity index (χ0n) is 11.1. The Hall–Kier alpha value is -2.69. The summed E-state index contributed by atoms with van der Waals surface area (Å²) in [4.78, 5) is 11.5. The van der Waals surface area contributed by atoms with Gasteiger partial charge in [-0.05, 0) is 55.5 Å². The van der Waals surface area contributed by atoms with E-state index in [1.165, 1.54) is 0 Å². The van der Waals surface area contributed by atoms with Crippen molar-refractivity contribution in [2.24, 2.45) is 10.2 Å². The highest BCUT2D eigenvalue weighted by Gasteiger charge is 2.04. The van der Waals surface area contributed by atoms with Crippen LogP contribution in [-0.4, -0.2) is 12.6 Å². The Morgan fingerprint density at radius 1 is 1.00 bits per heavy atom. The summed E-state index contributed by atoms with van der Waals surface area (Å²) >= 11 is 0. The number of nitrogen functional groups attached to an aromatic ring is 1. The van der Waals surface area contributed by atoms with Crippen LogP contribution in [0.4, 0.5) is 17.1 Å². The van der Waals surface area contributed by atoms with Crippen molar-refractivity contribution in [2.75, 3.05) is 12.3 Å². The molecule has 0 aromatic heterocycles. The second kappa shape index (κ2) is 6.47. The molecule has 0 saturated heterocycles. The van der Waals surface area contributed by atoms with Crippen molar-refractivity contribution in [3.63, 3.8) is 0 Å². The van der Waals surface area contributed by atoms with Crippen LogP contribution in [0.5, 0.6) is 0 Å². The molecule has 0 unspecified atom stereocenters. The number of anilines is 1. The van der Waals surface area contributed by atoms with Crippen LogP contribution in [0, 0.1) is 0 Å². The highest BCUT2D eigenvalue weighted by atomic mass is 16.5. The Kier molecular flexibility index (Phi) is 4.44. The smallest absolute Gasteiger partial charge is 0.338 e. The lowest BCUT2D eigenvalue weighted by atomic mass is 10.2. The molecule has 0 saturated carbocycles. The first-order chi connectivity index (χ1) is 9.69. The maximum absolute atomic E-state index is 11.5. The Labute approximate surface area is 117 Å². The lowest BCUT2D eigenvalue weighted by Gasteiger charge is -2.01. The summed E-state index contributed by atoms with van der Waals surface area (Å²) < 4.78 is 4.90. The van der Waals surface area contributed by atoms with E-state index in [2.05, 4.69) is 10.2 Å². The average Bonchev–Trinajstić information content (AvgIpc) is 2.47. The average molecular weight is 269 g/mol. The zero-order valence-corrected chi connectivity index (χ0v) is 11.1. The SMILES string of the molecule is CCOC(=O)c1ccc(/N=N/c2ccc(N)cc2)cc1. The third-order valence-corrected chi connectivity index (χ3v) is 2.55. The van der Waals surface area contributed by atoms with Crippen LogP contribution in [0.2, 0.25) is 0 Å². The van der Waals surface area contributed by atoms with Crippen LogP contribution >= 0.6 is 0 Å². The molecule has 0 radical (unpaired) electrons. The third-order valence-electron chi connectivity index (χ3n) is 2.55. The summed E-state index contributed by atoms with van der Waals surface area (Å²) in [5.74, 6) is -0.338. The molecule has 0 spiro atoms. The van der Waals surface area contributed by atoms with Crippen LogP contribution in [0.25, 0.3) is 0 Å². The van der Waals surface area contributed by atoms with E-state index in [0.717, 1.165) is 0 Å². The van der Waals surface area contributed by atoms with E-state index < -0.39 is 0 Å². The second-order valence-electron chi connectivity index (χ2n) is 4.06. The molecule has 0 aliphatic carbocycles. The largest absolute Gasteiger partial charge is 0.462 e. The van der Waals surface area contributed by atoms with Crippen molar-refractivity contribution in [2.45, 2.75) is 6.92 Å². The second-order valence-corrected chi connectivity index (χ2v) is 4.06.